The van der Waals surface area contributed by atoms with Gasteiger partial charge in [-0.15, -0.1) is 0 Å². The van der Waals surface area contributed by atoms with Crippen LogP contribution in [0.3, 0.4) is 0 Å². The van der Waals surface area contributed by atoms with Crippen molar-refractivity contribution in [1.82, 2.24) is 10.4 Å². The number of pyridine rings is 1. The van der Waals surface area contributed by atoms with E-state index in [0.717, 1.165) is 28.6 Å². The van der Waals surface area contributed by atoms with E-state index in [4.69, 9.17) is 10.8 Å². The van der Waals surface area contributed by atoms with Gasteiger partial charge in [-0.2, -0.15) is 0 Å². The maximum absolute atomic E-state index is 12.1. The SMILES string of the molecule is CC[C@@H](C)c1ccc(-c2cc(C(=O)NN)c3ccccc3n2)cc1. The highest BCUT2D eigenvalue weighted by Crippen LogP contribution is 2.27. The van der Waals surface area contributed by atoms with Crippen molar-refractivity contribution in [2.75, 3.05) is 0 Å². The molecule has 1 aromatic heterocycles. The summed E-state index contributed by atoms with van der Waals surface area (Å²) < 4.78 is 0. The first kappa shape index (κ1) is 16.1. The molecule has 4 nitrogen and oxygen atoms in total. The second-order valence-electron chi connectivity index (χ2n) is 5.98. The van der Waals surface area contributed by atoms with Crippen LogP contribution in [0, 0.1) is 0 Å². The lowest BCUT2D eigenvalue weighted by Crippen LogP contribution is -2.30. The molecule has 0 aliphatic heterocycles. The second kappa shape index (κ2) is 6.81. The van der Waals surface area contributed by atoms with E-state index in [-0.39, 0.29) is 5.91 Å². The number of para-hydroxylation sites is 1. The Morgan fingerprint density at radius 1 is 1.17 bits per heavy atom. The summed E-state index contributed by atoms with van der Waals surface area (Å²) in [5, 5.41) is 0.792. The van der Waals surface area contributed by atoms with Gasteiger partial charge in [-0.25, -0.2) is 10.8 Å². The third-order valence-corrected chi connectivity index (χ3v) is 4.48. The molecule has 1 heterocycles. The van der Waals surface area contributed by atoms with Crippen molar-refractivity contribution in [2.45, 2.75) is 26.2 Å². The molecule has 0 unspecified atom stereocenters. The Labute approximate surface area is 141 Å². The zero-order chi connectivity index (χ0) is 17.1. The van der Waals surface area contributed by atoms with Crippen LogP contribution in [0.5, 0.6) is 0 Å². The number of hydrazine groups is 1. The summed E-state index contributed by atoms with van der Waals surface area (Å²) in [6.45, 7) is 4.40. The van der Waals surface area contributed by atoms with Crippen molar-refractivity contribution in [1.29, 1.82) is 0 Å². The molecule has 24 heavy (non-hydrogen) atoms. The predicted octanol–water partition coefficient (Wildman–Crippen LogP) is 4.02. The minimum absolute atomic E-state index is 0.314. The average molecular weight is 319 g/mol. The number of hydrogen-bond donors (Lipinski definition) is 2. The van der Waals surface area contributed by atoms with Crippen LogP contribution >= 0.6 is 0 Å². The topological polar surface area (TPSA) is 68.0 Å². The first-order chi connectivity index (χ1) is 11.6. The Morgan fingerprint density at radius 2 is 1.88 bits per heavy atom. The predicted molar refractivity (Wildman–Crippen MR) is 97.5 cm³/mol. The fourth-order valence-corrected chi connectivity index (χ4v) is 2.81. The van der Waals surface area contributed by atoms with Crippen LogP contribution in [0.2, 0.25) is 0 Å². The van der Waals surface area contributed by atoms with E-state index < -0.39 is 0 Å². The van der Waals surface area contributed by atoms with Crippen molar-refractivity contribution < 1.29 is 4.79 Å². The van der Waals surface area contributed by atoms with E-state index in [1.807, 2.05) is 24.3 Å². The number of amides is 1. The highest BCUT2D eigenvalue weighted by atomic mass is 16.2. The number of carbonyl (C=O) groups is 1. The number of fused-ring (bicyclic) bond motifs is 1. The number of nitrogens with zero attached hydrogens (tertiary/aromatic N) is 1. The van der Waals surface area contributed by atoms with Gasteiger partial charge in [-0.05, 0) is 30.0 Å². The Kier molecular flexibility index (Phi) is 4.58. The summed E-state index contributed by atoms with van der Waals surface area (Å²) in [7, 11) is 0. The Balaban J connectivity index is 2.11. The smallest absolute Gasteiger partial charge is 0.265 e. The van der Waals surface area contributed by atoms with Crippen LogP contribution in [0.4, 0.5) is 0 Å². The van der Waals surface area contributed by atoms with Gasteiger partial charge in [0.2, 0.25) is 0 Å². The van der Waals surface area contributed by atoms with E-state index in [9.17, 15) is 4.79 Å². The molecular formula is C20H21N3O. The number of hydrogen-bond acceptors (Lipinski definition) is 3. The van der Waals surface area contributed by atoms with Gasteiger partial charge in [0.15, 0.2) is 0 Å². The molecule has 0 aliphatic rings. The average Bonchev–Trinajstić information content (AvgIpc) is 2.66. The zero-order valence-electron chi connectivity index (χ0n) is 13.9. The molecule has 3 aromatic rings. The summed E-state index contributed by atoms with van der Waals surface area (Å²) in [4.78, 5) is 16.8. The van der Waals surface area contributed by atoms with E-state index >= 15 is 0 Å². The summed E-state index contributed by atoms with van der Waals surface area (Å²) >= 11 is 0. The largest absolute Gasteiger partial charge is 0.290 e. The lowest BCUT2D eigenvalue weighted by molar-refractivity contribution is 0.0955. The second-order valence-corrected chi connectivity index (χ2v) is 5.98. The molecule has 0 saturated carbocycles. The minimum Gasteiger partial charge on any atom is -0.290 e. The molecule has 122 valence electrons. The molecule has 0 aliphatic carbocycles. The summed E-state index contributed by atoms with van der Waals surface area (Å²) in [5.41, 5.74) is 6.59. The number of nitrogens with one attached hydrogen (secondary N) is 1. The minimum atomic E-state index is -0.314. The van der Waals surface area contributed by atoms with Crippen molar-refractivity contribution in [3.63, 3.8) is 0 Å². The van der Waals surface area contributed by atoms with E-state index in [1.54, 1.807) is 6.07 Å². The lowest BCUT2D eigenvalue weighted by Gasteiger charge is -2.11. The van der Waals surface area contributed by atoms with Gasteiger partial charge >= 0.3 is 0 Å². The summed E-state index contributed by atoms with van der Waals surface area (Å²) in [6.07, 6.45) is 1.11. The number of nitrogens with two attached hydrogens (primary N) is 1. The number of carbonyl (C=O) groups excluding carboxylic acids is 1. The number of benzene rings is 2. The van der Waals surface area contributed by atoms with E-state index in [0.29, 0.717) is 11.5 Å². The van der Waals surface area contributed by atoms with Gasteiger partial charge in [-0.3, -0.25) is 10.2 Å². The molecule has 2 aromatic carbocycles. The molecule has 0 saturated heterocycles. The third-order valence-electron chi connectivity index (χ3n) is 4.48. The van der Waals surface area contributed by atoms with E-state index in [2.05, 4.69) is 43.5 Å². The maximum Gasteiger partial charge on any atom is 0.265 e. The molecule has 0 spiro atoms. The van der Waals surface area contributed by atoms with Gasteiger partial charge in [-0.1, -0.05) is 56.3 Å². The molecule has 3 rings (SSSR count). The van der Waals surface area contributed by atoms with Crippen molar-refractivity contribution in [3.8, 4) is 11.3 Å². The number of aromatic nitrogens is 1. The first-order valence-electron chi connectivity index (χ1n) is 8.15. The quantitative estimate of drug-likeness (QED) is 0.433. The molecule has 3 N–H and O–H groups in total. The number of rotatable bonds is 4. The lowest BCUT2D eigenvalue weighted by atomic mass is 9.96. The first-order valence-corrected chi connectivity index (χ1v) is 8.15. The van der Waals surface area contributed by atoms with Crippen LogP contribution in [0.15, 0.2) is 54.6 Å². The van der Waals surface area contributed by atoms with Crippen molar-refractivity contribution in [2.24, 2.45) is 5.84 Å². The molecule has 1 amide bonds. The van der Waals surface area contributed by atoms with Crippen molar-refractivity contribution >= 4 is 16.8 Å². The van der Waals surface area contributed by atoms with Crippen LogP contribution in [-0.4, -0.2) is 10.9 Å². The molecule has 0 bridgehead atoms. The van der Waals surface area contributed by atoms with Crippen LogP contribution in [-0.2, 0) is 0 Å². The third kappa shape index (κ3) is 3.01. The van der Waals surface area contributed by atoms with Gasteiger partial charge < -0.3 is 0 Å². The molecule has 4 heteroatoms. The van der Waals surface area contributed by atoms with Crippen LogP contribution in [0.25, 0.3) is 22.2 Å². The van der Waals surface area contributed by atoms with Gasteiger partial charge in [0.05, 0.1) is 16.8 Å². The summed E-state index contributed by atoms with van der Waals surface area (Å²) in [5.74, 6) is 5.55. The highest BCUT2D eigenvalue weighted by molar-refractivity contribution is 6.06. The van der Waals surface area contributed by atoms with Crippen LogP contribution in [0.1, 0.15) is 42.1 Å². The van der Waals surface area contributed by atoms with Gasteiger partial charge in [0.25, 0.3) is 5.91 Å². The monoisotopic (exact) mass is 319 g/mol. The fourth-order valence-electron chi connectivity index (χ4n) is 2.81. The van der Waals surface area contributed by atoms with E-state index in [1.165, 1.54) is 5.56 Å². The Hall–Kier alpha value is -2.72. The standard InChI is InChI=1S/C20H21N3O/c1-3-13(2)14-8-10-15(11-9-14)19-12-17(20(24)23-21)16-6-4-5-7-18(16)22-19/h4-13H,3,21H2,1-2H3,(H,23,24)/t13-/m1/s1. The Morgan fingerprint density at radius 3 is 2.54 bits per heavy atom. The van der Waals surface area contributed by atoms with Gasteiger partial charge in [0.1, 0.15) is 0 Å². The zero-order valence-corrected chi connectivity index (χ0v) is 13.9. The molecular weight excluding hydrogens is 298 g/mol. The normalized spacial score (nSPS) is 12.1. The van der Waals surface area contributed by atoms with Gasteiger partial charge in [0, 0.05) is 10.9 Å². The molecule has 1 atom stereocenters. The highest BCUT2D eigenvalue weighted by Gasteiger charge is 2.13. The Bertz CT molecular complexity index is 872. The molecule has 0 radical (unpaired) electrons. The fraction of sp³-hybridized carbons (Fsp3) is 0.200. The maximum atomic E-state index is 12.1. The number of nitrogen functional groups attached to an aromatic ring is 1. The van der Waals surface area contributed by atoms with Crippen molar-refractivity contribution in [3.05, 3.63) is 65.7 Å². The van der Waals surface area contributed by atoms with Crippen LogP contribution < -0.4 is 11.3 Å². The molecule has 0 fully saturated rings. The summed E-state index contributed by atoms with van der Waals surface area (Å²) in [6, 6.07) is 17.7.